The molecule has 9 heteroatoms. The maximum Gasteiger partial charge on any atom is 0.287 e. The van der Waals surface area contributed by atoms with E-state index < -0.39 is 15.9 Å². The Morgan fingerprint density at radius 3 is 2.50 bits per heavy atom. The number of amides is 1. The molecular weight excluding hydrogens is 380 g/mol. The Bertz CT molecular complexity index is 983. The second-order valence-electron chi connectivity index (χ2n) is 7.19. The molecular formula is C19H28N4O4S. The van der Waals surface area contributed by atoms with Crippen LogP contribution in [0.15, 0.2) is 29.1 Å². The molecule has 0 aliphatic carbocycles. The lowest BCUT2D eigenvalue weighted by Gasteiger charge is -2.12. The molecule has 0 bridgehead atoms. The van der Waals surface area contributed by atoms with Crippen molar-refractivity contribution in [1.82, 2.24) is 20.0 Å². The summed E-state index contributed by atoms with van der Waals surface area (Å²) in [7, 11) is -3.65. The molecule has 0 saturated carbocycles. The molecule has 28 heavy (non-hydrogen) atoms. The molecule has 2 aromatic rings. The third-order valence-electron chi connectivity index (χ3n) is 4.34. The number of nitrogens with one attached hydrogen (secondary N) is 2. The van der Waals surface area contributed by atoms with Crippen molar-refractivity contribution in [1.29, 1.82) is 0 Å². The quantitative estimate of drug-likeness (QED) is 0.463. The van der Waals surface area contributed by atoms with E-state index in [1.807, 2.05) is 13.8 Å². The zero-order valence-corrected chi connectivity index (χ0v) is 17.4. The molecule has 0 unspecified atom stereocenters. The van der Waals surface area contributed by atoms with Crippen LogP contribution in [0.2, 0.25) is 0 Å². The van der Waals surface area contributed by atoms with Gasteiger partial charge in [-0.25, -0.2) is 13.1 Å². The molecule has 0 saturated heterocycles. The van der Waals surface area contributed by atoms with Crippen LogP contribution in [-0.2, 0) is 16.6 Å². The highest BCUT2D eigenvalue weighted by atomic mass is 32.2. The summed E-state index contributed by atoms with van der Waals surface area (Å²) >= 11 is 0. The molecule has 0 radical (unpaired) electrons. The summed E-state index contributed by atoms with van der Waals surface area (Å²) in [6.45, 7) is 6.30. The summed E-state index contributed by atoms with van der Waals surface area (Å²) in [6.07, 6.45) is 3.19. The summed E-state index contributed by atoms with van der Waals surface area (Å²) in [6, 6.07) is 6.69. The van der Waals surface area contributed by atoms with Crippen molar-refractivity contribution in [3.05, 3.63) is 40.3 Å². The number of aromatic nitrogens is 2. The number of hydrazine groups is 1. The van der Waals surface area contributed by atoms with Crippen LogP contribution in [0.5, 0.6) is 0 Å². The second-order valence-corrected chi connectivity index (χ2v) is 9.03. The van der Waals surface area contributed by atoms with Gasteiger partial charge in [0.05, 0.1) is 11.1 Å². The van der Waals surface area contributed by atoms with E-state index in [1.54, 1.807) is 24.3 Å². The number of fused-ring (bicyclic) bond motifs is 1. The van der Waals surface area contributed by atoms with Gasteiger partial charge in [0.2, 0.25) is 10.0 Å². The number of nitrogens with zero attached hydrogens (tertiary/aromatic N) is 2. The highest BCUT2D eigenvalue weighted by Crippen LogP contribution is 2.13. The minimum absolute atomic E-state index is 0.0123. The van der Waals surface area contributed by atoms with Crippen LogP contribution in [0.4, 0.5) is 0 Å². The molecule has 0 fully saturated rings. The Morgan fingerprint density at radius 2 is 1.86 bits per heavy atom. The molecule has 2 rings (SSSR count). The normalized spacial score (nSPS) is 11.9. The molecule has 1 heterocycles. The first kappa shape index (κ1) is 22.0. The van der Waals surface area contributed by atoms with Crippen LogP contribution in [0, 0.1) is 5.92 Å². The van der Waals surface area contributed by atoms with Gasteiger partial charge in [0.15, 0.2) is 5.69 Å². The molecule has 8 nitrogen and oxygen atoms in total. The van der Waals surface area contributed by atoms with Gasteiger partial charge in [0.25, 0.3) is 11.5 Å². The van der Waals surface area contributed by atoms with E-state index in [0.717, 1.165) is 19.3 Å². The van der Waals surface area contributed by atoms with Crippen molar-refractivity contribution in [2.75, 3.05) is 5.75 Å². The molecule has 1 aromatic carbocycles. The smallest absolute Gasteiger partial charge is 0.272 e. The molecule has 2 N–H and O–H groups in total. The topological polar surface area (TPSA) is 110 Å². The van der Waals surface area contributed by atoms with Gasteiger partial charge in [-0.05, 0) is 24.8 Å². The maximum absolute atomic E-state index is 12.6. The minimum atomic E-state index is -3.65. The van der Waals surface area contributed by atoms with Crippen molar-refractivity contribution >= 4 is 26.7 Å². The van der Waals surface area contributed by atoms with Gasteiger partial charge in [-0.3, -0.25) is 15.0 Å². The number of carbonyl (C=O) groups excluding carboxylic acids is 1. The van der Waals surface area contributed by atoms with E-state index in [2.05, 4.69) is 22.3 Å². The number of unbranched alkanes of at least 4 members (excludes halogenated alkanes) is 2. The van der Waals surface area contributed by atoms with Crippen LogP contribution in [0.3, 0.4) is 0 Å². The van der Waals surface area contributed by atoms with Gasteiger partial charge < -0.3 is 0 Å². The molecule has 0 aliphatic rings. The standard InChI is InChI=1S/C19H28N4O4S/c1-4-5-8-12-23-19(25)16-10-7-6-9-15(16)17(21-23)18(24)20-22-28(26,27)13-11-14(2)3/h6-7,9-10,14,22H,4-5,8,11-13H2,1-3H3,(H,20,24). The second kappa shape index (κ2) is 9.79. The largest absolute Gasteiger partial charge is 0.287 e. The van der Waals surface area contributed by atoms with Gasteiger partial charge in [-0.1, -0.05) is 51.8 Å². The van der Waals surface area contributed by atoms with Crippen LogP contribution in [0.25, 0.3) is 10.8 Å². The Balaban J connectivity index is 2.28. The van der Waals surface area contributed by atoms with Crippen molar-refractivity contribution < 1.29 is 13.2 Å². The molecule has 1 aromatic heterocycles. The van der Waals surface area contributed by atoms with Crippen molar-refractivity contribution in [3.63, 3.8) is 0 Å². The summed E-state index contributed by atoms with van der Waals surface area (Å²) in [5, 5.41) is 4.97. The highest BCUT2D eigenvalue weighted by molar-refractivity contribution is 7.89. The van der Waals surface area contributed by atoms with E-state index in [4.69, 9.17) is 0 Å². The lowest BCUT2D eigenvalue weighted by atomic mass is 10.1. The monoisotopic (exact) mass is 408 g/mol. The third kappa shape index (κ3) is 5.87. The predicted octanol–water partition coefficient (Wildman–Crippen LogP) is 2.20. The number of aryl methyl sites for hydroxylation is 1. The molecule has 1 amide bonds. The molecule has 0 spiro atoms. The fraction of sp³-hybridized carbons (Fsp3) is 0.526. The fourth-order valence-electron chi connectivity index (χ4n) is 2.69. The van der Waals surface area contributed by atoms with Crippen molar-refractivity contribution in [3.8, 4) is 0 Å². The number of hydrogen-bond donors (Lipinski definition) is 2. The van der Waals surface area contributed by atoms with E-state index in [-0.39, 0.29) is 22.9 Å². The van der Waals surface area contributed by atoms with Crippen LogP contribution in [-0.4, -0.2) is 29.9 Å². The highest BCUT2D eigenvalue weighted by Gasteiger charge is 2.19. The Labute approximate surface area is 165 Å². The zero-order valence-electron chi connectivity index (χ0n) is 16.6. The van der Waals surface area contributed by atoms with Gasteiger partial charge in [-0.15, -0.1) is 4.83 Å². The van der Waals surface area contributed by atoms with Crippen molar-refractivity contribution in [2.24, 2.45) is 5.92 Å². The predicted molar refractivity (Wildman–Crippen MR) is 109 cm³/mol. The lowest BCUT2D eigenvalue weighted by molar-refractivity contribution is 0.0939. The number of benzene rings is 1. The Morgan fingerprint density at radius 1 is 1.18 bits per heavy atom. The fourth-order valence-corrected chi connectivity index (χ4v) is 3.82. The zero-order chi connectivity index (χ0) is 20.7. The first-order chi connectivity index (χ1) is 13.2. The lowest BCUT2D eigenvalue weighted by Crippen LogP contribution is -2.43. The van der Waals surface area contributed by atoms with E-state index in [0.29, 0.717) is 23.7 Å². The minimum Gasteiger partial charge on any atom is -0.272 e. The Kier molecular flexibility index (Phi) is 7.70. The van der Waals surface area contributed by atoms with Crippen LogP contribution < -0.4 is 15.8 Å². The SMILES string of the molecule is CCCCCn1nc(C(=O)NNS(=O)(=O)CCC(C)C)c2ccccc2c1=O. The van der Waals surface area contributed by atoms with Crippen LogP contribution >= 0.6 is 0 Å². The van der Waals surface area contributed by atoms with Crippen LogP contribution in [0.1, 0.15) is 56.9 Å². The van der Waals surface area contributed by atoms with Gasteiger partial charge in [-0.2, -0.15) is 5.10 Å². The summed E-state index contributed by atoms with van der Waals surface area (Å²) in [5.74, 6) is -0.562. The Hall–Kier alpha value is -2.26. The number of rotatable bonds is 10. The van der Waals surface area contributed by atoms with E-state index >= 15 is 0 Å². The summed E-state index contributed by atoms with van der Waals surface area (Å²) in [4.78, 5) is 27.4. The maximum atomic E-state index is 12.6. The van der Waals surface area contributed by atoms with Gasteiger partial charge in [0, 0.05) is 11.9 Å². The first-order valence-corrected chi connectivity index (χ1v) is 11.2. The average Bonchev–Trinajstić information content (AvgIpc) is 2.67. The number of sulfonamides is 1. The first-order valence-electron chi connectivity index (χ1n) is 9.55. The van der Waals surface area contributed by atoms with Gasteiger partial charge >= 0.3 is 0 Å². The molecule has 154 valence electrons. The third-order valence-corrected chi connectivity index (χ3v) is 5.53. The van der Waals surface area contributed by atoms with Gasteiger partial charge in [0.1, 0.15) is 0 Å². The number of carbonyl (C=O) groups is 1. The van der Waals surface area contributed by atoms with E-state index in [1.165, 1.54) is 4.68 Å². The molecule has 0 atom stereocenters. The summed E-state index contributed by atoms with van der Waals surface area (Å²) in [5.41, 5.74) is 1.96. The summed E-state index contributed by atoms with van der Waals surface area (Å²) < 4.78 is 25.3. The van der Waals surface area contributed by atoms with Crippen molar-refractivity contribution in [2.45, 2.75) is 53.0 Å². The number of hydrogen-bond acceptors (Lipinski definition) is 5. The van der Waals surface area contributed by atoms with E-state index in [9.17, 15) is 18.0 Å². The molecule has 0 aliphatic heterocycles. The average molecular weight is 409 g/mol.